The molecular formula is C23H19FN4O5. The Morgan fingerprint density at radius 1 is 1.18 bits per heavy atom. The molecule has 4 rings (SSSR count). The molecule has 1 amide bonds. The Hall–Kier alpha value is -4.47. The van der Waals surface area contributed by atoms with E-state index in [9.17, 15) is 19.5 Å². The van der Waals surface area contributed by atoms with E-state index in [1.54, 1.807) is 25.4 Å². The van der Waals surface area contributed by atoms with Crippen LogP contribution in [0.4, 0.5) is 10.1 Å². The summed E-state index contributed by atoms with van der Waals surface area (Å²) in [6, 6.07) is 6.83. The number of Topliss-reactive ketones (excluding diaryl/α,β-unsaturated/α-hetero) is 1. The highest BCUT2D eigenvalue weighted by atomic mass is 19.1. The molecule has 0 atom stereocenters. The van der Waals surface area contributed by atoms with E-state index in [4.69, 9.17) is 4.74 Å². The number of rotatable bonds is 6. The lowest BCUT2D eigenvalue weighted by Crippen LogP contribution is -2.14. The number of anilines is 1. The molecule has 0 radical (unpaired) electrons. The third kappa shape index (κ3) is 3.93. The average molecular weight is 450 g/mol. The number of carbonyl (C=O) groups excluding carboxylic acids is 2. The zero-order chi connectivity index (χ0) is 23.9. The summed E-state index contributed by atoms with van der Waals surface area (Å²) in [6.07, 6.45) is 4.51. The number of pyridine rings is 1. The number of amides is 1. The number of ether oxygens (including phenoxy) is 1. The normalized spacial score (nSPS) is 10.9. The lowest BCUT2D eigenvalue weighted by atomic mass is 10.0. The molecule has 9 nitrogen and oxygen atoms in total. The van der Waals surface area contributed by atoms with Crippen LogP contribution in [0.2, 0.25) is 0 Å². The van der Waals surface area contributed by atoms with Gasteiger partial charge in [-0.15, -0.1) is 0 Å². The quantitative estimate of drug-likeness (QED) is 0.434. The van der Waals surface area contributed by atoms with Gasteiger partial charge in [-0.3, -0.25) is 14.3 Å². The van der Waals surface area contributed by atoms with Gasteiger partial charge in [-0.1, -0.05) is 0 Å². The van der Waals surface area contributed by atoms with Gasteiger partial charge in [0.25, 0.3) is 5.91 Å². The molecule has 3 aromatic heterocycles. The van der Waals surface area contributed by atoms with Crippen LogP contribution in [0.3, 0.4) is 0 Å². The molecule has 33 heavy (non-hydrogen) atoms. The Kier molecular flexibility index (Phi) is 5.42. The first-order valence-corrected chi connectivity index (χ1v) is 9.77. The molecule has 0 fully saturated rings. The van der Waals surface area contributed by atoms with Crippen molar-refractivity contribution in [1.29, 1.82) is 0 Å². The van der Waals surface area contributed by atoms with Crippen molar-refractivity contribution >= 4 is 28.9 Å². The topological polar surface area (TPSA) is 115 Å². The third-order valence-electron chi connectivity index (χ3n) is 5.17. The van der Waals surface area contributed by atoms with Gasteiger partial charge in [0, 0.05) is 43.6 Å². The number of nitrogens with one attached hydrogen (secondary N) is 1. The largest absolute Gasteiger partial charge is 0.497 e. The molecular weight excluding hydrogens is 431 g/mol. The minimum Gasteiger partial charge on any atom is -0.497 e. The molecule has 0 aliphatic rings. The monoisotopic (exact) mass is 450 g/mol. The number of aromatic carboxylic acids is 1. The summed E-state index contributed by atoms with van der Waals surface area (Å²) in [5.74, 6) is -2.62. The fourth-order valence-electron chi connectivity index (χ4n) is 3.56. The molecule has 0 aliphatic heterocycles. The summed E-state index contributed by atoms with van der Waals surface area (Å²) in [5.41, 5.74) is 0.538. The predicted molar refractivity (Wildman–Crippen MR) is 117 cm³/mol. The molecule has 168 valence electrons. The Bertz CT molecular complexity index is 1440. The molecule has 0 unspecified atom stereocenters. The Morgan fingerprint density at radius 2 is 1.94 bits per heavy atom. The fraction of sp³-hybridized carbons (Fsp3) is 0.130. The number of carboxylic acid groups (broad SMARTS) is 1. The SMILES string of the molecule is COc1ccn2c(C(C)=O)cc(C(=O)Nc3cc(C(=O)O)cc(-c4cnn(C)c4)c3F)c2c1. The highest BCUT2D eigenvalue weighted by Crippen LogP contribution is 2.31. The van der Waals surface area contributed by atoms with E-state index >= 15 is 4.39 Å². The standard InChI is InChI=1S/C23H19FN4O5/c1-12(29)19-9-17(20-8-15(33-3)4-5-28(19)20)22(30)26-18-7-13(23(31)32)6-16(21(18)24)14-10-25-27(2)11-14/h4-11H,1-3H3,(H,26,30)(H,31,32). The number of methoxy groups -OCH3 is 1. The lowest BCUT2D eigenvalue weighted by Gasteiger charge is -2.11. The fourth-order valence-corrected chi connectivity index (χ4v) is 3.56. The van der Waals surface area contributed by atoms with E-state index in [1.165, 1.54) is 47.6 Å². The Labute approximate surface area is 187 Å². The molecule has 2 N–H and O–H groups in total. The van der Waals surface area contributed by atoms with Crippen molar-refractivity contribution < 1.29 is 28.6 Å². The number of benzene rings is 1. The van der Waals surface area contributed by atoms with Crippen molar-refractivity contribution in [3.8, 4) is 16.9 Å². The number of nitrogens with zero attached hydrogens (tertiary/aromatic N) is 3. The van der Waals surface area contributed by atoms with Gasteiger partial charge in [0.2, 0.25) is 0 Å². The van der Waals surface area contributed by atoms with E-state index in [2.05, 4.69) is 10.4 Å². The van der Waals surface area contributed by atoms with Gasteiger partial charge in [0.1, 0.15) is 5.75 Å². The van der Waals surface area contributed by atoms with E-state index in [1.807, 2.05) is 0 Å². The van der Waals surface area contributed by atoms with Crippen LogP contribution in [-0.2, 0) is 7.05 Å². The number of aromatic nitrogens is 3. The Morgan fingerprint density at radius 3 is 2.55 bits per heavy atom. The molecule has 10 heteroatoms. The molecule has 1 aromatic carbocycles. The maximum atomic E-state index is 15.3. The second-order valence-corrected chi connectivity index (χ2v) is 7.37. The van der Waals surface area contributed by atoms with Crippen molar-refractivity contribution in [2.24, 2.45) is 7.05 Å². The molecule has 3 heterocycles. The van der Waals surface area contributed by atoms with Gasteiger partial charge in [0.15, 0.2) is 11.6 Å². The minimum atomic E-state index is -1.28. The molecule has 0 bridgehead atoms. The van der Waals surface area contributed by atoms with Gasteiger partial charge in [-0.2, -0.15) is 5.10 Å². The van der Waals surface area contributed by atoms with Crippen LogP contribution in [0, 0.1) is 5.82 Å². The van der Waals surface area contributed by atoms with Crippen LogP contribution in [0.25, 0.3) is 16.6 Å². The molecule has 0 spiro atoms. The van der Waals surface area contributed by atoms with Crippen molar-refractivity contribution in [2.75, 3.05) is 12.4 Å². The second-order valence-electron chi connectivity index (χ2n) is 7.37. The third-order valence-corrected chi connectivity index (χ3v) is 5.17. The molecule has 0 saturated heterocycles. The summed E-state index contributed by atoms with van der Waals surface area (Å²) >= 11 is 0. The first-order valence-electron chi connectivity index (χ1n) is 9.77. The maximum absolute atomic E-state index is 15.3. The van der Waals surface area contributed by atoms with E-state index < -0.39 is 17.7 Å². The summed E-state index contributed by atoms with van der Waals surface area (Å²) in [4.78, 5) is 36.8. The summed E-state index contributed by atoms with van der Waals surface area (Å²) < 4.78 is 23.5. The number of aryl methyl sites for hydroxylation is 1. The molecule has 0 aliphatic carbocycles. The van der Waals surface area contributed by atoms with Crippen molar-refractivity contribution in [3.05, 3.63) is 71.6 Å². The number of carboxylic acids is 1. The summed E-state index contributed by atoms with van der Waals surface area (Å²) in [7, 11) is 3.11. The molecule has 0 saturated carbocycles. The first kappa shape index (κ1) is 21.8. The number of hydrogen-bond acceptors (Lipinski definition) is 5. The van der Waals surface area contributed by atoms with Crippen LogP contribution in [0.15, 0.2) is 48.9 Å². The predicted octanol–water partition coefficient (Wildman–Crippen LogP) is 3.64. The Balaban J connectivity index is 1.82. The highest BCUT2D eigenvalue weighted by Gasteiger charge is 2.22. The van der Waals surface area contributed by atoms with Gasteiger partial charge >= 0.3 is 5.97 Å². The first-order chi connectivity index (χ1) is 15.7. The lowest BCUT2D eigenvalue weighted by molar-refractivity contribution is 0.0696. The smallest absolute Gasteiger partial charge is 0.335 e. The van der Waals surface area contributed by atoms with Crippen molar-refractivity contribution in [3.63, 3.8) is 0 Å². The van der Waals surface area contributed by atoms with E-state index in [0.717, 1.165) is 6.07 Å². The van der Waals surface area contributed by atoms with Crippen LogP contribution >= 0.6 is 0 Å². The number of carbonyl (C=O) groups is 3. The number of halogens is 1. The second kappa shape index (κ2) is 8.23. The van der Waals surface area contributed by atoms with Crippen molar-refractivity contribution in [1.82, 2.24) is 14.2 Å². The number of hydrogen-bond donors (Lipinski definition) is 2. The van der Waals surface area contributed by atoms with Crippen LogP contribution in [0.1, 0.15) is 38.1 Å². The number of fused-ring (bicyclic) bond motifs is 1. The maximum Gasteiger partial charge on any atom is 0.335 e. The minimum absolute atomic E-state index is 0.0221. The van der Waals surface area contributed by atoms with Crippen molar-refractivity contribution in [2.45, 2.75) is 6.92 Å². The number of ketones is 1. The van der Waals surface area contributed by atoms with Gasteiger partial charge in [-0.05, 0) is 24.3 Å². The van der Waals surface area contributed by atoms with Gasteiger partial charge in [-0.25, -0.2) is 9.18 Å². The molecule has 4 aromatic rings. The van der Waals surface area contributed by atoms with Crippen LogP contribution in [0.5, 0.6) is 5.75 Å². The van der Waals surface area contributed by atoms with Crippen LogP contribution in [-0.4, -0.2) is 44.1 Å². The zero-order valence-corrected chi connectivity index (χ0v) is 17.9. The van der Waals surface area contributed by atoms with Gasteiger partial charge in [0.05, 0.1) is 41.3 Å². The highest BCUT2D eigenvalue weighted by molar-refractivity contribution is 6.12. The summed E-state index contributed by atoms with van der Waals surface area (Å²) in [6.45, 7) is 1.36. The zero-order valence-electron chi connectivity index (χ0n) is 17.9. The van der Waals surface area contributed by atoms with Gasteiger partial charge < -0.3 is 19.6 Å². The van der Waals surface area contributed by atoms with E-state index in [-0.39, 0.29) is 33.9 Å². The van der Waals surface area contributed by atoms with Crippen LogP contribution < -0.4 is 10.1 Å². The average Bonchev–Trinajstić information content (AvgIpc) is 3.38. The summed E-state index contributed by atoms with van der Waals surface area (Å²) in [5, 5.41) is 15.9. The van der Waals surface area contributed by atoms with E-state index in [0.29, 0.717) is 16.8 Å².